The van der Waals surface area contributed by atoms with Crippen LogP contribution in [0.25, 0.3) is 11.5 Å². The molecule has 32 heavy (non-hydrogen) atoms. The number of allylic oxidation sites excluding steroid dienone is 1. The van der Waals surface area contributed by atoms with Gasteiger partial charge in [-0.25, -0.2) is 0 Å². The lowest BCUT2D eigenvalue weighted by Crippen LogP contribution is -2.35. The normalized spacial score (nSPS) is 21.2. The van der Waals surface area contributed by atoms with E-state index in [1.165, 1.54) is 11.1 Å². The second-order valence-electron chi connectivity index (χ2n) is 9.41. The number of rotatable bonds is 8. The fraction of sp³-hybridized carbons (Fsp3) is 0.462. The summed E-state index contributed by atoms with van der Waals surface area (Å²) in [5.41, 5.74) is 3.60. The van der Waals surface area contributed by atoms with Gasteiger partial charge < -0.3 is 9.32 Å². The number of pyridine rings is 2. The van der Waals surface area contributed by atoms with Crippen molar-refractivity contribution in [2.75, 3.05) is 13.6 Å². The van der Waals surface area contributed by atoms with Crippen molar-refractivity contribution in [3.05, 3.63) is 72.2 Å². The number of aromatic nitrogens is 4. The maximum atomic E-state index is 5.98. The van der Waals surface area contributed by atoms with Gasteiger partial charge in [-0.1, -0.05) is 31.6 Å². The molecule has 0 aliphatic heterocycles. The first kappa shape index (κ1) is 22.3. The van der Waals surface area contributed by atoms with Crippen LogP contribution in [-0.4, -0.2) is 38.7 Å². The van der Waals surface area contributed by atoms with Crippen molar-refractivity contribution < 1.29 is 4.42 Å². The average molecular weight is 432 g/mol. The molecule has 3 atom stereocenters. The Kier molecular flexibility index (Phi) is 7.10. The summed E-state index contributed by atoms with van der Waals surface area (Å²) < 4.78 is 5.98. The lowest BCUT2D eigenvalue weighted by atomic mass is 9.69. The summed E-state index contributed by atoms with van der Waals surface area (Å²) in [5.74, 6) is 3.51. The zero-order chi connectivity index (χ0) is 22.5. The molecule has 4 rings (SSSR count). The Hall–Kier alpha value is -2.86. The molecule has 3 aromatic heterocycles. The minimum Gasteiger partial charge on any atom is -0.421 e. The molecule has 6 heteroatoms. The van der Waals surface area contributed by atoms with Gasteiger partial charge in [0.2, 0.25) is 11.8 Å². The molecule has 1 aliphatic carbocycles. The Morgan fingerprint density at radius 2 is 1.91 bits per heavy atom. The van der Waals surface area contributed by atoms with Crippen molar-refractivity contribution in [1.82, 2.24) is 25.1 Å². The van der Waals surface area contributed by atoms with Crippen LogP contribution in [0.3, 0.4) is 0 Å². The van der Waals surface area contributed by atoms with Gasteiger partial charge in [0.15, 0.2) is 0 Å². The highest BCUT2D eigenvalue weighted by atomic mass is 16.4. The van der Waals surface area contributed by atoms with E-state index in [0.29, 0.717) is 35.5 Å². The van der Waals surface area contributed by atoms with E-state index >= 15 is 0 Å². The van der Waals surface area contributed by atoms with E-state index in [0.717, 1.165) is 31.5 Å². The lowest BCUT2D eigenvalue weighted by Gasteiger charge is -2.38. The molecule has 3 aromatic rings. The predicted octanol–water partition coefficient (Wildman–Crippen LogP) is 5.06. The molecule has 6 nitrogen and oxygen atoms in total. The van der Waals surface area contributed by atoms with Crippen molar-refractivity contribution in [2.24, 2.45) is 23.7 Å². The summed E-state index contributed by atoms with van der Waals surface area (Å²) in [4.78, 5) is 10.7. The maximum Gasteiger partial charge on any atom is 0.247 e. The first-order chi connectivity index (χ1) is 15.5. The Labute approximate surface area is 190 Å². The second kappa shape index (κ2) is 10.2. The largest absolute Gasteiger partial charge is 0.421 e. The summed E-state index contributed by atoms with van der Waals surface area (Å²) in [6, 6.07) is 7.94. The molecule has 0 amide bonds. The zero-order valence-corrected chi connectivity index (χ0v) is 19.5. The third-order valence-electron chi connectivity index (χ3n) is 6.60. The Bertz CT molecular complexity index is 1010. The number of nitrogens with zero attached hydrogens (tertiary/aromatic N) is 5. The minimum atomic E-state index is 0.438. The first-order valence-corrected chi connectivity index (χ1v) is 11.5. The molecule has 0 unspecified atom stereocenters. The van der Waals surface area contributed by atoms with Crippen LogP contribution in [0.15, 0.2) is 65.1 Å². The molecule has 0 fully saturated rings. The number of hydrogen-bond donors (Lipinski definition) is 0. The Morgan fingerprint density at radius 1 is 1.09 bits per heavy atom. The van der Waals surface area contributed by atoms with Crippen molar-refractivity contribution in [2.45, 2.75) is 40.2 Å². The molecule has 168 valence electrons. The maximum absolute atomic E-state index is 5.98. The SMILES string of the molecule is CC1=C[C@@H](CN(C)Cc2cccnc2)[C@H](C(C)C)C[C@H]1Cc1nnc(-c2ccncc2)o1. The first-order valence-electron chi connectivity index (χ1n) is 11.5. The summed E-state index contributed by atoms with van der Waals surface area (Å²) in [6.45, 7) is 8.92. The van der Waals surface area contributed by atoms with Gasteiger partial charge in [0.05, 0.1) is 0 Å². The van der Waals surface area contributed by atoms with E-state index in [2.05, 4.69) is 65.0 Å². The van der Waals surface area contributed by atoms with Crippen LogP contribution in [0.2, 0.25) is 0 Å². The smallest absolute Gasteiger partial charge is 0.247 e. The van der Waals surface area contributed by atoms with Crippen LogP contribution in [0.4, 0.5) is 0 Å². The van der Waals surface area contributed by atoms with E-state index < -0.39 is 0 Å². The molecular weight excluding hydrogens is 398 g/mol. The van der Waals surface area contributed by atoms with Gasteiger partial charge in [0.25, 0.3) is 0 Å². The number of hydrogen-bond acceptors (Lipinski definition) is 6. The van der Waals surface area contributed by atoms with E-state index in [1.54, 1.807) is 12.4 Å². The third-order valence-corrected chi connectivity index (χ3v) is 6.60. The zero-order valence-electron chi connectivity index (χ0n) is 19.5. The van der Waals surface area contributed by atoms with Crippen molar-refractivity contribution in [1.29, 1.82) is 0 Å². The van der Waals surface area contributed by atoms with Crippen molar-refractivity contribution in [3.63, 3.8) is 0 Å². The van der Waals surface area contributed by atoms with Gasteiger partial charge in [0.1, 0.15) is 0 Å². The van der Waals surface area contributed by atoms with Crippen molar-refractivity contribution in [3.8, 4) is 11.5 Å². The van der Waals surface area contributed by atoms with Crippen LogP contribution in [0.5, 0.6) is 0 Å². The van der Waals surface area contributed by atoms with Gasteiger partial charge in [-0.15, -0.1) is 10.2 Å². The molecular formula is C26H33N5O. The molecule has 0 radical (unpaired) electrons. The standard InChI is InChI=1S/C26H33N5O/c1-18(2)24-13-22(14-25-29-30-26(32-25)21-7-10-27-11-8-21)19(3)12-23(24)17-31(4)16-20-6-5-9-28-15-20/h5-12,15,18,22-24H,13-14,16-17H2,1-4H3/t22-,23-,24-/m0/s1. The van der Waals surface area contributed by atoms with Crippen LogP contribution in [0.1, 0.15) is 38.6 Å². The molecule has 0 aromatic carbocycles. The van der Waals surface area contributed by atoms with Gasteiger partial charge in [0, 0.05) is 49.9 Å². The van der Waals surface area contributed by atoms with Crippen molar-refractivity contribution >= 4 is 0 Å². The Balaban J connectivity index is 1.44. The quantitative estimate of drug-likeness (QED) is 0.465. The van der Waals surface area contributed by atoms with E-state index in [-0.39, 0.29) is 0 Å². The highest BCUT2D eigenvalue weighted by molar-refractivity contribution is 5.50. The highest BCUT2D eigenvalue weighted by Gasteiger charge is 2.33. The van der Waals surface area contributed by atoms with E-state index in [4.69, 9.17) is 4.42 Å². The van der Waals surface area contributed by atoms with Gasteiger partial charge >= 0.3 is 0 Å². The van der Waals surface area contributed by atoms with Crippen LogP contribution >= 0.6 is 0 Å². The molecule has 0 spiro atoms. The van der Waals surface area contributed by atoms with Crippen LogP contribution in [-0.2, 0) is 13.0 Å². The molecule has 0 bridgehead atoms. The second-order valence-corrected chi connectivity index (χ2v) is 9.41. The highest BCUT2D eigenvalue weighted by Crippen LogP contribution is 2.39. The predicted molar refractivity (Wildman–Crippen MR) is 125 cm³/mol. The molecule has 1 aliphatic rings. The average Bonchev–Trinajstić information content (AvgIpc) is 3.25. The summed E-state index contributed by atoms with van der Waals surface area (Å²) in [7, 11) is 2.21. The molecule has 0 saturated carbocycles. The summed E-state index contributed by atoms with van der Waals surface area (Å²) in [6.07, 6.45) is 11.7. The summed E-state index contributed by atoms with van der Waals surface area (Å²) >= 11 is 0. The fourth-order valence-electron chi connectivity index (χ4n) is 4.87. The van der Waals surface area contributed by atoms with E-state index in [9.17, 15) is 0 Å². The monoisotopic (exact) mass is 431 g/mol. The Morgan fingerprint density at radius 3 is 2.62 bits per heavy atom. The van der Waals surface area contributed by atoms with E-state index in [1.807, 2.05) is 30.6 Å². The summed E-state index contributed by atoms with van der Waals surface area (Å²) in [5, 5.41) is 8.58. The fourth-order valence-corrected chi connectivity index (χ4v) is 4.87. The molecule has 0 N–H and O–H groups in total. The molecule has 3 heterocycles. The molecule has 0 saturated heterocycles. The van der Waals surface area contributed by atoms with Crippen LogP contribution < -0.4 is 0 Å². The van der Waals surface area contributed by atoms with Gasteiger partial charge in [-0.3, -0.25) is 9.97 Å². The van der Waals surface area contributed by atoms with Gasteiger partial charge in [-0.2, -0.15) is 0 Å². The topological polar surface area (TPSA) is 67.9 Å². The van der Waals surface area contributed by atoms with Gasteiger partial charge in [-0.05, 0) is 67.8 Å². The third kappa shape index (κ3) is 5.49. The van der Waals surface area contributed by atoms with Crippen LogP contribution in [0, 0.1) is 23.7 Å². The minimum absolute atomic E-state index is 0.438. The lowest BCUT2D eigenvalue weighted by molar-refractivity contribution is 0.173.